The van der Waals surface area contributed by atoms with Gasteiger partial charge in [-0.1, -0.05) is 19.1 Å². The number of aromatic nitrogens is 2. The third-order valence-corrected chi connectivity index (χ3v) is 3.50. The van der Waals surface area contributed by atoms with Crippen LogP contribution in [0.3, 0.4) is 0 Å². The average molecular weight is 323 g/mol. The fraction of sp³-hybridized carbons (Fsp3) is 0.286. The van der Waals surface area contributed by atoms with E-state index >= 15 is 0 Å². The standard InChI is InChI=1S/C14H15BrN2O2/c1-3-11-12(15)14(18)17-13(16-11)9-6-5-7-10(8-9)19-4-2/h5-8H,3-4H2,1-2H3,(H,16,17,18). The second-order valence-electron chi connectivity index (χ2n) is 3.99. The summed E-state index contributed by atoms with van der Waals surface area (Å²) in [4.78, 5) is 19.1. The van der Waals surface area contributed by atoms with Crippen molar-refractivity contribution in [3.05, 3.63) is 44.8 Å². The van der Waals surface area contributed by atoms with Crippen molar-refractivity contribution in [1.29, 1.82) is 0 Å². The molecule has 0 spiro atoms. The first-order chi connectivity index (χ1) is 9.15. The van der Waals surface area contributed by atoms with Crippen molar-refractivity contribution < 1.29 is 4.74 Å². The minimum absolute atomic E-state index is 0.163. The molecular weight excluding hydrogens is 308 g/mol. The van der Waals surface area contributed by atoms with Crippen molar-refractivity contribution in [3.63, 3.8) is 0 Å². The van der Waals surface area contributed by atoms with Crippen LogP contribution >= 0.6 is 15.9 Å². The van der Waals surface area contributed by atoms with Gasteiger partial charge in [-0.15, -0.1) is 0 Å². The highest BCUT2D eigenvalue weighted by atomic mass is 79.9. The molecule has 2 aromatic rings. The summed E-state index contributed by atoms with van der Waals surface area (Å²) >= 11 is 3.26. The van der Waals surface area contributed by atoms with Gasteiger partial charge in [0.05, 0.1) is 12.3 Å². The largest absolute Gasteiger partial charge is 0.494 e. The third kappa shape index (κ3) is 3.04. The van der Waals surface area contributed by atoms with Crippen LogP contribution in [0, 0.1) is 0 Å². The smallest absolute Gasteiger partial charge is 0.265 e. The summed E-state index contributed by atoms with van der Waals surface area (Å²) in [6.07, 6.45) is 0.697. The number of rotatable bonds is 4. The number of ether oxygens (including phenoxy) is 1. The zero-order valence-corrected chi connectivity index (χ0v) is 12.5. The van der Waals surface area contributed by atoms with E-state index in [4.69, 9.17) is 4.74 Å². The van der Waals surface area contributed by atoms with E-state index in [9.17, 15) is 4.79 Å². The van der Waals surface area contributed by atoms with Crippen LogP contribution in [0.1, 0.15) is 19.5 Å². The van der Waals surface area contributed by atoms with E-state index in [0.29, 0.717) is 23.3 Å². The number of aryl methyl sites for hydroxylation is 1. The molecule has 0 fully saturated rings. The van der Waals surface area contributed by atoms with Crippen LogP contribution in [0.4, 0.5) is 0 Å². The number of aromatic amines is 1. The average Bonchev–Trinajstić information content (AvgIpc) is 2.42. The second kappa shape index (κ2) is 6.02. The van der Waals surface area contributed by atoms with Crippen LogP contribution in [-0.4, -0.2) is 16.6 Å². The lowest BCUT2D eigenvalue weighted by Gasteiger charge is -2.07. The van der Waals surface area contributed by atoms with Gasteiger partial charge in [0, 0.05) is 5.56 Å². The van der Waals surface area contributed by atoms with E-state index in [1.165, 1.54) is 0 Å². The maximum absolute atomic E-state index is 11.8. The Balaban J connectivity index is 2.49. The topological polar surface area (TPSA) is 55.0 Å². The molecule has 0 aliphatic heterocycles. The fourth-order valence-corrected chi connectivity index (χ4v) is 2.24. The van der Waals surface area contributed by atoms with Gasteiger partial charge in [0.25, 0.3) is 5.56 Å². The quantitative estimate of drug-likeness (QED) is 0.940. The van der Waals surface area contributed by atoms with Gasteiger partial charge in [-0.25, -0.2) is 4.98 Å². The van der Waals surface area contributed by atoms with Crippen LogP contribution in [0.2, 0.25) is 0 Å². The highest BCUT2D eigenvalue weighted by molar-refractivity contribution is 9.10. The molecule has 1 aromatic heterocycles. The Morgan fingerprint density at radius 3 is 2.84 bits per heavy atom. The monoisotopic (exact) mass is 322 g/mol. The zero-order valence-electron chi connectivity index (χ0n) is 10.9. The summed E-state index contributed by atoms with van der Waals surface area (Å²) in [5.74, 6) is 1.33. The van der Waals surface area contributed by atoms with Crippen molar-refractivity contribution in [3.8, 4) is 17.1 Å². The Kier molecular flexibility index (Phi) is 4.37. The molecule has 2 rings (SSSR count). The van der Waals surface area contributed by atoms with Crippen molar-refractivity contribution in [1.82, 2.24) is 9.97 Å². The van der Waals surface area contributed by atoms with Crippen molar-refractivity contribution in [2.75, 3.05) is 6.61 Å². The van der Waals surface area contributed by atoms with Crippen LogP contribution < -0.4 is 10.3 Å². The number of hydrogen-bond donors (Lipinski definition) is 1. The summed E-state index contributed by atoms with van der Waals surface area (Å²) in [5, 5.41) is 0. The van der Waals surface area contributed by atoms with E-state index in [2.05, 4.69) is 25.9 Å². The Morgan fingerprint density at radius 1 is 1.37 bits per heavy atom. The first-order valence-electron chi connectivity index (χ1n) is 6.17. The van der Waals surface area contributed by atoms with Crippen LogP contribution in [0.5, 0.6) is 5.75 Å². The maximum Gasteiger partial charge on any atom is 0.265 e. The molecule has 0 aliphatic carbocycles. The lowest BCUT2D eigenvalue weighted by molar-refractivity contribution is 0.340. The number of H-pyrrole nitrogens is 1. The number of nitrogens with one attached hydrogen (secondary N) is 1. The second-order valence-corrected chi connectivity index (χ2v) is 4.78. The molecule has 5 heteroatoms. The summed E-state index contributed by atoms with van der Waals surface area (Å²) in [6.45, 7) is 4.50. The molecule has 0 atom stereocenters. The maximum atomic E-state index is 11.8. The third-order valence-electron chi connectivity index (χ3n) is 2.68. The van der Waals surface area contributed by atoms with Gasteiger partial charge in [0.1, 0.15) is 16.0 Å². The van der Waals surface area contributed by atoms with Crippen molar-refractivity contribution >= 4 is 15.9 Å². The molecule has 0 bridgehead atoms. The van der Waals surface area contributed by atoms with Gasteiger partial charge >= 0.3 is 0 Å². The molecule has 4 nitrogen and oxygen atoms in total. The number of hydrogen-bond acceptors (Lipinski definition) is 3. The number of nitrogens with zero attached hydrogens (tertiary/aromatic N) is 1. The van der Waals surface area contributed by atoms with Crippen LogP contribution in [-0.2, 0) is 6.42 Å². The number of halogens is 1. The SMILES string of the molecule is CCOc1cccc(-c2nc(CC)c(Br)c(=O)[nH]2)c1. The molecule has 0 unspecified atom stereocenters. The van der Waals surface area contributed by atoms with Gasteiger partial charge in [-0.3, -0.25) is 4.79 Å². The van der Waals surface area contributed by atoms with E-state index in [1.54, 1.807) is 0 Å². The minimum atomic E-state index is -0.163. The van der Waals surface area contributed by atoms with Gasteiger partial charge < -0.3 is 9.72 Å². The molecule has 0 amide bonds. The van der Waals surface area contributed by atoms with Gasteiger partial charge in [0.15, 0.2) is 0 Å². The lowest BCUT2D eigenvalue weighted by Crippen LogP contribution is -2.13. The minimum Gasteiger partial charge on any atom is -0.494 e. The zero-order chi connectivity index (χ0) is 13.8. The number of benzene rings is 1. The molecule has 1 heterocycles. The summed E-state index contributed by atoms with van der Waals surface area (Å²) in [5.41, 5.74) is 1.43. The van der Waals surface area contributed by atoms with E-state index in [0.717, 1.165) is 17.0 Å². The Bertz CT molecular complexity index is 638. The highest BCUT2D eigenvalue weighted by Crippen LogP contribution is 2.21. The lowest BCUT2D eigenvalue weighted by atomic mass is 10.2. The first kappa shape index (κ1) is 13.8. The molecule has 1 N–H and O–H groups in total. The van der Waals surface area contributed by atoms with Crippen molar-refractivity contribution in [2.24, 2.45) is 0 Å². The van der Waals surface area contributed by atoms with Gasteiger partial charge in [-0.2, -0.15) is 0 Å². The Morgan fingerprint density at radius 2 is 2.16 bits per heavy atom. The van der Waals surface area contributed by atoms with E-state index in [-0.39, 0.29) is 5.56 Å². The molecule has 0 saturated carbocycles. The highest BCUT2D eigenvalue weighted by Gasteiger charge is 2.09. The van der Waals surface area contributed by atoms with Gasteiger partial charge in [-0.05, 0) is 41.4 Å². The van der Waals surface area contributed by atoms with Crippen molar-refractivity contribution in [2.45, 2.75) is 20.3 Å². The van der Waals surface area contributed by atoms with E-state index in [1.807, 2.05) is 38.1 Å². The predicted octanol–water partition coefficient (Wildman–Crippen LogP) is 3.16. The normalized spacial score (nSPS) is 10.5. The van der Waals surface area contributed by atoms with Gasteiger partial charge in [0.2, 0.25) is 0 Å². The van der Waals surface area contributed by atoms with Crippen LogP contribution in [0.15, 0.2) is 33.5 Å². The molecule has 100 valence electrons. The fourth-order valence-electron chi connectivity index (χ4n) is 1.78. The van der Waals surface area contributed by atoms with Crippen LogP contribution in [0.25, 0.3) is 11.4 Å². The molecular formula is C14H15BrN2O2. The summed E-state index contributed by atoms with van der Waals surface area (Å²) in [7, 11) is 0. The predicted molar refractivity (Wildman–Crippen MR) is 78.5 cm³/mol. The Labute approximate surface area is 120 Å². The van der Waals surface area contributed by atoms with E-state index < -0.39 is 0 Å². The molecule has 1 aromatic carbocycles. The first-order valence-corrected chi connectivity index (χ1v) is 6.97. The molecule has 0 saturated heterocycles. The Hall–Kier alpha value is -1.62. The summed E-state index contributed by atoms with van der Waals surface area (Å²) in [6, 6.07) is 7.53. The molecule has 0 aliphatic rings. The summed E-state index contributed by atoms with van der Waals surface area (Å²) < 4.78 is 5.95. The molecule has 19 heavy (non-hydrogen) atoms. The molecule has 0 radical (unpaired) electrons.